The minimum atomic E-state index is -0.568. The van der Waals surface area contributed by atoms with E-state index in [2.05, 4.69) is 10.6 Å². The van der Waals surface area contributed by atoms with Gasteiger partial charge in [-0.3, -0.25) is 9.59 Å². The number of likely N-dealkylation sites (tertiary alicyclic amines) is 1. The third-order valence-corrected chi connectivity index (χ3v) is 4.73. The summed E-state index contributed by atoms with van der Waals surface area (Å²) < 4.78 is 5.13. The Hall–Kier alpha value is -2.54. The number of carbonyl (C=O) groups excluding carboxylic acids is 3. The lowest BCUT2D eigenvalue weighted by molar-refractivity contribution is -0.127. The number of nitrogens with zero attached hydrogens (tertiary/aromatic N) is 1. The maximum Gasteiger partial charge on any atom is 0.407 e. The number of ether oxygens (including phenoxy) is 1. The fourth-order valence-electron chi connectivity index (χ4n) is 2.98. The Morgan fingerprint density at radius 1 is 1.17 bits per heavy atom. The molecule has 2 rings (SSSR count). The number of alkyl carbamates (subject to hydrolysis) is 1. The van der Waals surface area contributed by atoms with Crippen LogP contribution < -0.4 is 10.6 Å². The zero-order valence-corrected chi connectivity index (χ0v) is 18.5. The van der Waals surface area contributed by atoms with Gasteiger partial charge < -0.3 is 20.3 Å². The first-order valence-electron chi connectivity index (χ1n) is 10.1. The minimum absolute atomic E-state index is 0.0309. The molecule has 1 heterocycles. The maximum absolute atomic E-state index is 12.3. The molecule has 0 radical (unpaired) electrons. The Morgan fingerprint density at radius 3 is 2.40 bits per heavy atom. The second-order valence-electron chi connectivity index (χ2n) is 8.23. The van der Waals surface area contributed by atoms with Crippen molar-refractivity contribution >= 4 is 35.6 Å². The van der Waals surface area contributed by atoms with Gasteiger partial charge in [-0.15, -0.1) is 0 Å². The van der Waals surface area contributed by atoms with Crippen LogP contribution in [-0.2, 0) is 14.3 Å². The van der Waals surface area contributed by atoms with Crippen molar-refractivity contribution in [3.8, 4) is 0 Å². The van der Waals surface area contributed by atoms with Crippen LogP contribution in [0.5, 0.6) is 0 Å². The van der Waals surface area contributed by atoms with Gasteiger partial charge in [0.25, 0.3) is 0 Å². The van der Waals surface area contributed by atoms with Gasteiger partial charge in [-0.2, -0.15) is 0 Å². The summed E-state index contributed by atoms with van der Waals surface area (Å²) in [4.78, 5) is 37.8. The van der Waals surface area contributed by atoms with Gasteiger partial charge in [-0.1, -0.05) is 23.7 Å². The molecule has 2 N–H and O–H groups in total. The van der Waals surface area contributed by atoms with E-state index in [9.17, 15) is 14.4 Å². The number of benzene rings is 1. The van der Waals surface area contributed by atoms with E-state index in [1.807, 2.05) is 12.1 Å². The quantitative estimate of drug-likeness (QED) is 0.670. The van der Waals surface area contributed by atoms with Gasteiger partial charge in [0.05, 0.1) is 0 Å². The highest BCUT2D eigenvalue weighted by Crippen LogP contribution is 2.13. The summed E-state index contributed by atoms with van der Waals surface area (Å²) in [6, 6.07) is 7.30. The lowest BCUT2D eigenvalue weighted by atomic mass is 10.0. The van der Waals surface area contributed by atoms with Gasteiger partial charge in [-0.25, -0.2) is 4.79 Å². The van der Waals surface area contributed by atoms with Crippen molar-refractivity contribution in [2.75, 3.05) is 19.6 Å². The van der Waals surface area contributed by atoms with Crippen LogP contribution in [0.1, 0.15) is 45.6 Å². The van der Waals surface area contributed by atoms with E-state index in [1.165, 1.54) is 0 Å². The van der Waals surface area contributed by atoms with Crippen molar-refractivity contribution in [1.29, 1.82) is 0 Å². The van der Waals surface area contributed by atoms with Crippen molar-refractivity contribution in [3.63, 3.8) is 0 Å². The lowest BCUT2D eigenvalue weighted by Gasteiger charge is -2.31. The molecule has 0 bridgehead atoms. The Morgan fingerprint density at radius 2 is 1.80 bits per heavy atom. The van der Waals surface area contributed by atoms with E-state index in [0.717, 1.165) is 5.56 Å². The van der Waals surface area contributed by atoms with Gasteiger partial charge in [-0.05, 0) is 57.4 Å². The number of amides is 3. The van der Waals surface area contributed by atoms with Gasteiger partial charge in [0.1, 0.15) is 5.60 Å². The zero-order chi connectivity index (χ0) is 22.1. The summed E-state index contributed by atoms with van der Waals surface area (Å²) >= 11 is 5.86. The summed E-state index contributed by atoms with van der Waals surface area (Å²) in [6.07, 6.45) is 4.38. The molecule has 30 heavy (non-hydrogen) atoms. The zero-order valence-electron chi connectivity index (χ0n) is 17.7. The maximum atomic E-state index is 12.3. The number of carbonyl (C=O) groups is 3. The molecular weight excluding hydrogens is 406 g/mol. The fraction of sp³-hybridized carbons (Fsp3) is 0.500. The fourth-order valence-corrected chi connectivity index (χ4v) is 3.11. The van der Waals surface area contributed by atoms with Crippen LogP contribution in [0.2, 0.25) is 5.02 Å². The number of nitrogens with one attached hydrogen (secondary N) is 2. The first-order valence-corrected chi connectivity index (χ1v) is 10.5. The Balaban J connectivity index is 1.66. The van der Waals surface area contributed by atoms with Crippen LogP contribution >= 0.6 is 11.6 Å². The van der Waals surface area contributed by atoms with Crippen molar-refractivity contribution in [2.45, 2.75) is 51.7 Å². The third kappa shape index (κ3) is 8.86. The molecule has 0 spiro atoms. The number of hydrogen-bond acceptors (Lipinski definition) is 4. The Bertz CT molecular complexity index is 764. The van der Waals surface area contributed by atoms with Crippen LogP contribution in [0.4, 0.5) is 4.79 Å². The molecule has 1 aromatic carbocycles. The van der Waals surface area contributed by atoms with Crippen LogP contribution in [0, 0.1) is 0 Å². The van der Waals surface area contributed by atoms with Crippen LogP contribution in [0.15, 0.2) is 30.3 Å². The molecule has 8 heteroatoms. The van der Waals surface area contributed by atoms with Crippen LogP contribution in [0.3, 0.4) is 0 Å². The van der Waals surface area contributed by atoms with Crippen molar-refractivity contribution in [1.82, 2.24) is 15.5 Å². The Kier molecular flexibility index (Phi) is 8.72. The highest BCUT2D eigenvalue weighted by molar-refractivity contribution is 6.30. The molecule has 0 unspecified atom stereocenters. The standard InChI is InChI=1S/C22H30ClN3O4/c1-22(2,3)30-21(29)24-13-10-19(27)25-18-11-14-26(15-12-18)20(28)9-6-16-4-7-17(23)8-5-16/h4-9,18H,10-15H2,1-3H3,(H,24,29)(H,25,27)/b9-6+. The van der Waals surface area contributed by atoms with Gasteiger partial charge in [0.2, 0.25) is 11.8 Å². The summed E-state index contributed by atoms with van der Waals surface area (Å²) in [5.74, 6) is -0.172. The number of hydrogen-bond donors (Lipinski definition) is 2. The van der Waals surface area contributed by atoms with Crippen molar-refractivity contribution in [3.05, 3.63) is 40.9 Å². The predicted molar refractivity (Wildman–Crippen MR) is 117 cm³/mol. The molecule has 1 aromatic rings. The molecule has 164 valence electrons. The van der Waals surface area contributed by atoms with Crippen molar-refractivity contribution in [2.24, 2.45) is 0 Å². The highest BCUT2D eigenvalue weighted by Gasteiger charge is 2.23. The summed E-state index contributed by atoms with van der Waals surface area (Å²) in [5.41, 5.74) is 0.344. The van der Waals surface area contributed by atoms with E-state index in [4.69, 9.17) is 16.3 Å². The monoisotopic (exact) mass is 435 g/mol. The molecule has 0 atom stereocenters. The van der Waals surface area contributed by atoms with E-state index in [0.29, 0.717) is 31.0 Å². The van der Waals surface area contributed by atoms with Crippen LogP contribution in [-0.4, -0.2) is 54.1 Å². The Labute approximate surface area is 182 Å². The van der Waals surface area contributed by atoms with E-state index < -0.39 is 11.7 Å². The average Bonchev–Trinajstić information content (AvgIpc) is 2.66. The van der Waals surface area contributed by atoms with E-state index >= 15 is 0 Å². The number of rotatable bonds is 6. The topological polar surface area (TPSA) is 87.7 Å². The molecule has 0 aliphatic carbocycles. The number of piperidine rings is 1. The highest BCUT2D eigenvalue weighted by atomic mass is 35.5. The van der Waals surface area contributed by atoms with E-state index in [-0.39, 0.29) is 30.8 Å². The SMILES string of the molecule is CC(C)(C)OC(=O)NCCC(=O)NC1CCN(C(=O)/C=C/c2ccc(Cl)cc2)CC1. The largest absolute Gasteiger partial charge is 0.444 e. The molecule has 1 aliphatic rings. The molecule has 0 aromatic heterocycles. The second kappa shape index (κ2) is 11.0. The van der Waals surface area contributed by atoms with Crippen molar-refractivity contribution < 1.29 is 19.1 Å². The lowest BCUT2D eigenvalue weighted by Crippen LogP contribution is -2.46. The molecule has 1 fully saturated rings. The predicted octanol–water partition coefficient (Wildman–Crippen LogP) is 3.38. The minimum Gasteiger partial charge on any atom is -0.444 e. The average molecular weight is 436 g/mol. The molecule has 1 aliphatic heterocycles. The van der Waals surface area contributed by atoms with E-state index in [1.54, 1.807) is 50.0 Å². The summed E-state index contributed by atoms with van der Waals surface area (Å²) in [6.45, 7) is 6.74. The summed E-state index contributed by atoms with van der Waals surface area (Å²) in [5, 5.41) is 6.19. The van der Waals surface area contributed by atoms with Gasteiger partial charge in [0.15, 0.2) is 0 Å². The molecule has 7 nitrogen and oxygen atoms in total. The van der Waals surface area contributed by atoms with Crippen LogP contribution in [0.25, 0.3) is 6.08 Å². The molecule has 0 saturated carbocycles. The third-order valence-electron chi connectivity index (χ3n) is 4.48. The normalized spacial score (nSPS) is 15.1. The number of halogens is 1. The second-order valence-corrected chi connectivity index (χ2v) is 8.67. The smallest absolute Gasteiger partial charge is 0.407 e. The molecular formula is C22H30ClN3O4. The van der Waals surface area contributed by atoms with Gasteiger partial charge in [0, 0.05) is 43.2 Å². The first-order chi connectivity index (χ1) is 14.1. The van der Waals surface area contributed by atoms with Gasteiger partial charge >= 0.3 is 6.09 Å². The molecule has 3 amide bonds. The first kappa shape index (κ1) is 23.7. The summed E-state index contributed by atoms with van der Waals surface area (Å²) in [7, 11) is 0. The molecule has 1 saturated heterocycles.